The van der Waals surface area contributed by atoms with Gasteiger partial charge in [-0.15, -0.1) is 4.99 Å². The van der Waals surface area contributed by atoms with Crippen LogP contribution in [0.5, 0.6) is 5.75 Å². The fourth-order valence-electron chi connectivity index (χ4n) is 2.22. The average Bonchev–Trinajstić information content (AvgIpc) is 3.24. The molecule has 0 unspecified atom stereocenters. The second kappa shape index (κ2) is 6.58. The highest BCUT2D eigenvalue weighted by Gasteiger charge is 2.28. The maximum Gasteiger partial charge on any atom is 0.295 e. The molecular weight excluding hydrogens is 314 g/mol. The number of rotatable bonds is 3. The number of nitrogens with zero attached hydrogens (tertiary/aromatic N) is 3. The molecule has 23 heavy (non-hydrogen) atoms. The molecule has 1 aromatic heterocycles. The van der Waals surface area contributed by atoms with Gasteiger partial charge < -0.3 is 9.15 Å². The van der Waals surface area contributed by atoms with Crippen molar-refractivity contribution in [1.29, 1.82) is 5.26 Å². The van der Waals surface area contributed by atoms with Crippen LogP contribution in [0.4, 0.5) is 0 Å². The molecule has 0 N–H and O–H groups in total. The van der Waals surface area contributed by atoms with E-state index < -0.39 is 0 Å². The molecule has 0 spiro atoms. The van der Waals surface area contributed by atoms with Gasteiger partial charge in [-0.25, -0.2) is 0 Å². The van der Waals surface area contributed by atoms with Crippen LogP contribution in [0, 0.1) is 11.5 Å². The molecule has 1 saturated heterocycles. The molecular formula is C16H13N3O3S. The van der Waals surface area contributed by atoms with Crippen LogP contribution in [-0.2, 0) is 0 Å². The number of amides is 1. The molecule has 6 nitrogen and oxygen atoms in total. The molecule has 0 saturated carbocycles. The van der Waals surface area contributed by atoms with Crippen molar-refractivity contribution in [2.75, 3.05) is 19.4 Å². The van der Waals surface area contributed by atoms with E-state index in [-0.39, 0.29) is 11.7 Å². The van der Waals surface area contributed by atoms with Gasteiger partial charge >= 0.3 is 0 Å². The summed E-state index contributed by atoms with van der Waals surface area (Å²) in [5.41, 5.74) is 0.853. The maximum atomic E-state index is 12.5. The Bertz CT molecular complexity index is 790. The summed E-state index contributed by atoms with van der Waals surface area (Å²) in [6.07, 6.45) is 1.72. The zero-order chi connectivity index (χ0) is 16.2. The van der Waals surface area contributed by atoms with Gasteiger partial charge in [0.1, 0.15) is 11.5 Å². The fraction of sp³-hybridized carbons (Fsp3) is 0.188. The van der Waals surface area contributed by atoms with Gasteiger partial charge in [0, 0.05) is 17.9 Å². The third-order valence-corrected chi connectivity index (χ3v) is 4.32. The molecule has 1 fully saturated rings. The van der Waals surface area contributed by atoms with Crippen LogP contribution in [0.3, 0.4) is 0 Å². The standard InChI is InChI=1S/C16H13N3O3S/c1-21-12-4-2-11(3-5-12)13-6-7-14(22-13)15(20)19-8-9-23-16(19)18-10-17/h2-7H,8-9H2,1H3. The molecule has 1 aliphatic heterocycles. The highest BCUT2D eigenvalue weighted by Crippen LogP contribution is 2.26. The summed E-state index contributed by atoms with van der Waals surface area (Å²) in [6.45, 7) is 0.516. The average molecular weight is 327 g/mol. The lowest BCUT2D eigenvalue weighted by Gasteiger charge is -2.12. The van der Waals surface area contributed by atoms with E-state index in [1.165, 1.54) is 16.7 Å². The van der Waals surface area contributed by atoms with Crippen LogP contribution in [0.2, 0.25) is 0 Å². The minimum Gasteiger partial charge on any atom is -0.497 e. The van der Waals surface area contributed by atoms with Gasteiger partial charge in [-0.05, 0) is 36.4 Å². The Hall–Kier alpha value is -2.72. The number of thioether (sulfide) groups is 1. The number of aliphatic imine (C=N–C) groups is 1. The summed E-state index contributed by atoms with van der Waals surface area (Å²) < 4.78 is 10.8. The van der Waals surface area contributed by atoms with Crippen molar-refractivity contribution in [3.63, 3.8) is 0 Å². The number of carbonyl (C=O) groups is 1. The van der Waals surface area contributed by atoms with Crippen LogP contribution < -0.4 is 4.74 Å². The van der Waals surface area contributed by atoms with Crippen LogP contribution in [0.25, 0.3) is 11.3 Å². The third kappa shape index (κ3) is 3.07. The molecule has 2 aromatic rings. The van der Waals surface area contributed by atoms with Gasteiger partial charge in [-0.3, -0.25) is 9.69 Å². The van der Waals surface area contributed by atoms with Gasteiger partial charge in [0.25, 0.3) is 5.91 Å². The van der Waals surface area contributed by atoms with Crippen molar-refractivity contribution in [3.8, 4) is 23.3 Å². The lowest BCUT2D eigenvalue weighted by Crippen LogP contribution is -2.31. The molecule has 1 aromatic carbocycles. The van der Waals surface area contributed by atoms with Crippen LogP contribution in [-0.4, -0.2) is 35.4 Å². The summed E-state index contributed by atoms with van der Waals surface area (Å²) in [6, 6.07) is 10.8. The van der Waals surface area contributed by atoms with Gasteiger partial charge in [0.15, 0.2) is 10.9 Å². The first-order valence-corrected chi connectivity index (χ1v) is 7.87. The fourth-order valence-corrected chi connectivity index (χ4v) is 3.11. The largest absolute Gasteiger partial charge is 0.497 e. The first-order valence-electron chi connectivity index (χ1n) is 6.88. The van der Waals surface area contributed by atoms with Crippen molar-refractivity contribution in [3.05, 3.63) is 42.2 Å². The summed E-state index contributed by atoms with van der Waals surface area (Å²) in [5, 5.41) is 9.09. The smallest absolute Gasteiger partial charge is 0.295 e. The number of methoxy groups -OCH3 is 1. The monoisotopic (exact) mass is 327 g/mol. The minimum atomic E-state index is -0.288. The summed E-state index contributed by atoms with van der Waals surface area (Å²) in [5.74, 6) is 2.01. The SMILES string of the molecule is COc1ccc(-c2ccc(C(=O)N3CCSC3=NC#N)o2)cc1. The van der Waals surface area contributed by atoms with Crippen LogP contribution in [0.1, 0.15) is 10.6 Å². The third-order valence-electron chi connectivity index (χ3n) is 3.36. The summed E-state index contributed by atoms with van der Waals surface area (Å²) >= 11 is 1.38. The van der Waals surface area contributed by atoms with E-state index in [0.717, 1.165) is 17.1 Å². The second-order valence-electron chi connectivity index (χ2n) is 4.69. The highest BCUT2D eigenvalue weighted by molar-refractivity contribution is 8.14. The van der Waals surface area contributed by atoms with Crippen molar-refractivity contribution < 1.29 is 13.9 Å². The van der Waals surface area contributed by atoms with E-state index in [9.17, 15) is 4.79 Å². The molecule has 116 valence electrons. The number of furan rings is 1. The Kier molecular flexibility index (Phi) is 4.35. The Balaban J connectivity index is 1.82. The van der Waals surface area contributed by atoms with E-state index in [2.05, 4.69) is 4.99 Å². The quantitative estimate of drug-likeness (QED) is 0.810. The van der Waals surface area contributed by atoms with Crippen molar-refractivity contribution in [1.82, 2.24) is 4.90 Å². The zero-order valence-electron chi connectivity index (χ0n) is 12.4. The van der Waals surface area contributed by atoms with Gasteiger partial charge in [-0.2, -0.15) is 5.26 Å². The first-order chi connectivity index (χ1) is 11.2. The number of ether oxygens (including phenoxy) is 1. The van der Waals surface area contributed by atoms with E-state index in [4.69, 9.17) is 14.4 Å². The number of hydrogen-bond acceptors (Lipinski definition) is 6. The first kappa shape index (κ1) is 15.2. The zero-order valence-corrected chi connectivity index (χ0v) is 13.2. The number of nitriles is 1. The molecule has 1 amide bonds. The molecule has 0 bridgehead atoms. The predicted molar refractivity (Wildman–Crippen MR) is 87.2 cm³/mol. The molecule has 2 heterocycles. The molecule has 7 heteroatoms. The summed E-state index contributed by atoms with van der Waals surface area (Å²) in [4.78, 5) is 17.6. The summed E-state index contributed by atoms with van der Waals surface area (Å²) in [7, 11) is 1.60. The van der Waals surface area contributed by atoms with Crippen molar-refractivity contribution in [2.24, 2.45) is 4.99 Å². The van der Waals surface area contributed by atoms with Gasteiger partial charge in [0.05, 0.1) is 7.11 Å². The number of amidine groups is 1. The lowest BCUT2D eigenvalue weighted by atomic mass is 10.2. The van der Waals surface area contributed by atoms with Gasteiger partial charge in [0.2, 0.25) is 6.19 Å². The Morgan fingerprint density at radius 3 is 2.83 bits per heavy atom. The Morgan fingerprint density at radius 1 is 1.35 bits per heavy atom. The van der Waals surface area contributed by atoms with E-state index >= 15 is 0 Å². The van der Waals surface area contributed by atoms with Crippen LogP contribution in [0.15, 0.2) is 45.8 Å². The molecule has 0 radical (unpaired) electrons. The Morgan fingerprint density at radius 2 is 2.13 bits per heavy atom. The van der Waals surface area contributed by atoms with E-state index in [1.807, 2.05) is 24.3 Å². The molecule has 0 atom stereocenters. The second-order valence-corrected chi connectivity index (χ2v) is 5.75. The topological polar surface area (TPSA) is 78.8 Å². The molecule has 0 aliphatic carbocycles. The van der Waals surface area contributed by atoms with Crippen molar-refractivity contribution in [2.45, 2.75) is 0 Å². The number of carbonyl (C=O) groups excluding carboxylic acids is 1. The lowest BCUT2D eigenvalue weighted by molar-refractivity contribution is 0.0830. The number of hydrogen-bond donors (Lipinski definition) is 0. The highest BCUT2D eigenvalue weighted by atomic mass is 32.2. The molecule has 1 aliphatic rings. The normalized spacial score (nSPS) is 15.7. The predicted octanol–water partition coefficient (Wildman–Crippen LogP) is 2.98. The number of benzene rings is 1. The van der Waals surface area contributed by atoms with Crippen LogP contribution >= 0.6 is 11.8 Å². The van der Waals surface area contributed by atoms with Crippen molar-refractivity contribution >= 4 is 22.8 Å². The molecule has 3 rings (SSSR count). The minimum absolute atomic E-state index is 0.226. The van der Waals surface area contributed by atoms with E-state index in [0.29, 0.717) is 17.5 Å². The Labute approximate surface area is 137 Å². The van der Waals surface area contributed by atoms with E-state index in [1.54, 1.807) is 25.4 Å². The maximum absolute atomic E-state index is 12.5. The van der Waals surface area contributed by atoms with Gasteiger partial charge in [-0.1, -0.05) is 11.8 Å².